The van der Waals surface area contributed by atoms with Crippen LogP contribution < -0.4 is 10.6 Å². The summed E-state index contributed by atoms with van der Waals surface area (Å²) in [6.45, 7) is 7.42. The molecular formula is C36H46N6O4. The topological polar surface area (TPSA) is 121 Å². The van der Waals surface area contributed by atoms with E-state index in [1.807, 2.05) is 98.1 Å². The molecule has 0 spiro atoms. The van der Waals surface area contributed by atoms with Crippen LogP contribution in [0.1, 0.15) is 85.1 Å². The molecular weight excluding hydrogens is 580 g/mol. The van der Waals surface area contributed by atoms with Crippen molar-refractivity contribution in [3.05, 3.63) is 89.1 Å². The van der Waals surface area contributed by atoms with Crippen molar-refractivity contribution in [2.45, 2.75) is 78.0 Å². The number of benzene rings is 2. The number of hydrogen-bond acceptors (Lipinski definition) is 5. The highest BCUT2D eigenvalue weighted by molar-refractivity contribution is 5.89. The number of carbonyl (C=O) groups excluding carboxylic acids is 3. The number of aromatic amines is 1. The molecule has 2 aromatic heterocycles. The summed E-state index contributed by atoms with van der Waals surface area (Å²) in [7, 11) is 1.84. The first-order valence-electron chi connectivity index (χ1n) is 16.4. The molecule has 0 saturated carbocycles. The summed E-state index contributed by atoms with van der Waals surface area (Å²) in [4.78, 5) is 50.5. The highest BCUT2D eigenvalue weighted by Gasteiger charge is 2.31. The van der Waals surface area contributed by atoms with Crippen molar-refractivity contribution < 1.29 is 19.1 Å². The summed E-state index contributed by atoms with van der Waals surface area (Å²) in [5.41, 5.74) is 3.72. The number of ether oxygens (including phenoxy) is 1. The average molecular weight is 627 g/mol. The van der Waals surface area contributed by atoms with Crippen LogP contribution in [0.5, 0.6) is 0 Å². The summed E-state index contributed by atoms with van der Waals surface area (Å²) >= 11 is 0. The van der Waals surface area contributed by atoms with E-state index in [4.69, 9.17) is 9.72 Å². The third-order valence-electron chi connectivity index (χ3n) is 8.76. The summed E-state index contributed by atoms with van der Waals surface area (Å²) in [6, 6.07) is 16.0. The van der Waals surface area contributed by atoms with Gasteiger partial charge in [-0.3, -0.25) is 4.79 Å². The molecule has 0 radical (unpaired) electrons. The molecule has 3 heterocycles. The third kappa shape index (κ3) is 7.97. The third-order valence-corrected chi connectivity index (χ3v) is 8.76. The fraction of sp³-hybridized carbons (Fsp3) is 0.444. The number of urea groups is 1. The predicted octanol–water partition coefficient (Wildman–Crippen LogP) is 5.97. The number of fused-ring (bicyclic) bond motifs is 1. The van der Waals surface area contributed by atoms with Gasteiger partial charge < -0.3 is 29.8 Å². The van der Waals surface area contributed by atoms with Gasteiger partial charge in [0.05, 0.1) is 6.04 Å². The molecule has 1 fully saturated rings. The lowest BCUT2D eigenvalue weighted by Gasteiger charge is -2.27. The Hall–Kier alpha value is -4.60. The van der Waals surface area contributed by atoms with Gasteiger partial charge in [0.25, 0.3) is 0 Å². The second kappa shape index (κ2) is 15.1. The van der Waals surface area contributed by atoms with Gasteiger partial charge in [-0.1, -0.05) is 75.2 Å². The lowest BCUT2D eigenvalue weighted by atomic mass is 10.0. The first-order chi connectivity index (χ1) is 22.2. The Bertz CT molecular complexity index is 1630. The van der Waals surface area contributed by atoms with E-state index in [0.717, 1.165) is 47.7 Å². The highest BCUT2D eigenvalue weighted by Crippen LogP contribution is 2.26. The van der Waals surface area contributed by atoms with Crippen molar-refractivity contribution in [3.8, 4) is 0 Å². The summed E-state index contributed by atoms with van der Waals surface area (Å²) in [6.07, 6.45) is 7.02. The van der Waals surface area contributed by atoms with E-state index >= 15 is 0 Å². The van der Waals surface area contributed by atoms with Gasteiger partial charge in [-0.05, 0) is 49.3 Å². The molecule has 5 rings (SSSR count). The average Bonchev–Trinajstić information content (AvgIpc) is 3.44. The van der Waals surface area contributed by atoms with Gasteiger partial charge in [-0.25, -0.2) is 14.6 Å². The van der Waals surface area contributed by atoms with E-state index in [2.05, 4.69) is 15.6 Å². The number of para-hydroxylation sites is 1. The minimum atomic E-state index is -0.724. The number of nitrogens with zero attached hydrogens (tertiary/aromatic N) is 3. The maximum atomic E-state index is 14.1. The number of hydrogen-bond donors (Lipinski definition) is 3. The number of carbonyl (C=O) groups is 3. The van der Waals surface area contributed by atoms with Crippen LogP contribution >= 0.6 is 0 Å². The Morgan fingerprint density at radius 1 is 0.957 bits per heavy atom. The zero-order valence-corrected chi connectivity index (χ0v) is 27.3. The van der Waals surface area contributed by atoms with Crippen LogP contribution in [0.25, 0.3) is 10.9 Å². The van der Waals surface area contributed by atoms with Gasteiger partial charge in [0.15, 0.2) is 5.69 Å². The Kier molecular flexibility index (Phi) is 10.8. The number of likely N-dealkylation sites (tertiary alicyclic amines) is 1. The standard InChI is InChI=1S/C36H46N6O4/c1-24(2)20-31(39-36(45)42-18-12-5-6-13-19-42)34(43)38-30(21-27-22-37-29-17-11-10-16-28(27)29)33-40-32(25(3)41(33)4)35(44)46-23-26-14-8-7-9-15-26/h7-11,14-17,22,24,30-31,37H,5-6,12-13,18-21,23H2,1-4H3,(H,38,43)(H,39,45)/t30-,31+/m1/s1. The lowest BCUT2D eigenvalue weighted by Crippen LogP contribution is -2.52. The first kappa shape index (κ1) is 32.8. The number of imidazole rings is 1. The first-order valence-corrected chi connectivity index (χ1v) is 16.4. The van der Waals surface area contributed by atoms with Crippen molar-refractivity contribution in [2.75, 3.05) is 13.1 Å². The molecule has 1 aliphatic heterocycles. The maximum absolute atomic E-state index is 14.1. The van der Waals surface area contributed by atoms with E-state index in [9.17, 15) is 14.4 Å². The fourth-order valence-corrected chi connectivity index (χ4v) is 6.11. The molecule has 0 bridgehead atoms. The molecule has 46 heavy (non-hydrogen) atoms. The van der Waals surface area contributed by atoms with E-state index in [1.54, 1.807) is 0 Å². The molecule has 1 saturated heterocycles. The monoisotopic (exact) mass is 626 g/mol. The van der Waals surface area contributed by atoms with Gasteiger partial charge in [-0.15, -0.1) is 0 Å². The summed E-state index contributed by atoms with van der Waals surface area (Å²) in [5, 5.41) is 7.30. The molecule has 3 N–H and O–H groups in total. The zero-order valence-electron chi connectivity index (χ0n) is 27.3. The van der Waals surface area contributed by atoms with Gasteiger partial charge in [0.2, 0.25) is 5.91 Å². The van der Waals surface area contributed by atoms with Crippen LogP contribution in [0.4, 0.5) is 4.79 Å². The highest BCUT2D eigenvalue weighted by atomic mass is 16.5. The molecule has 2 atom stereocenters. The molecule has 10 nitrogen and oxygen atoms in total. The smallest absolute Gasteiger partial charge is 0.359 e. The number of nitrogens with one attached hydrogen (secondary N) is 3. The largest absolute Gasteiger partial charge is 0.456 e. The summed E-state index contributed by atoms with van der Waals surface area (Å²) in [5.74, 6) is -0.100. The number of rotatable bonds is 11. The van der Waals surface area contributed by atoms with Crippen LogP contribution in [-0.2, 0) is 29.6 Å². The van der Waals surface area contributed by atoms with E-state index in [0.29, 0.717) is 37.4 Å². The van der Waals surface area contributed by atoms with Gasteiger partial charge in [-0.2, -0.15) is 0 Å². The molecule has 1 aliphatic rings. The normalized spacial score (nSPS) is 14.9. The molecule has 2 aromatic carbocycles. The van der Waals surface area contributed by atoms with E-state index < -0.39 is 18.1 Å². The molecule has 4 aromatic rings. The number of esters is 1. The number of amides is 3. The van der Waals surface area contributed by atoms with Crippen molar-refractivity contribution in [1.29, 1.82) is 0 Å². The van der Waals surface area contributed by atoms with Gasteiger partial charge in [0.1, 0.15) is 18.5 Å². The van der Waals surface area contributed by atoms with E-state index in [-0.39, 0.29) is 30.2 Å². The Balaban J connectivity index is 1.42. The van der Waals surface area contributed by atoms with Crippen LogP contribution in [0.3, 0.4) is 0 Å². The predicted molar refractivity (Wildman–Crippen MR) is 178 cm³/mol. The van der Waals surface area contributed by atoms with Crippen molar-refractivity contribution in [1.82, 2.24) is 30.1 Å². The van der Waals surface area contributed by atoms with Crippen LogP contribution in [0, 0.1) is 12.8 Å². The van der Waals surface area contributed by atoms with Crippen LogP contribution in [0.15, 0.2) is 60.8 Å². The van der Waals surface area contributed by atoms with Crippen LogP contribution in [0.2, 0.25) is 0 Å². The Morgan fingerprint density at radius 2 is 1.65 bits per heavy atom. The van der Waals surface area contributed by atoms with Crippen molar-refractivity contribution in [3.63, 3.8) is 0 Å². The van der Waals surface area contributed by atoms with Gasteiger partial charge in [0, 0.05) is 49.4 Å². The number of H-pyrrole nitrogens is 1. The minimum Gasteiger partial charge on any atom is -0.456 e. The Labute approximate surface area is 270 Å². The summed E-state index contributed by atoms with van der Waals surface area (Å²) < 4.78 is 7.46. The van der Waals surface area contributed by atoms with Crippen LogP contribution in [-0.4, -0.2) is 56.5 Å². The van der Waals surface area contributed by atoms with Crippen molar-refractivity contribution in [2.24, 2.45) is 13.0 Å². The van der Waals surface area contributed by atoms with Gasteiger partial charge >= 0.3 is 12.0 Å². The SMILES string of the molecule is Cc1c(C(=O)OCc2ccccc2)nc([C@@H](Cc2c[nH]c3ccccc23)NC(=O)[C@H](CC(C)C)NC(=O)N2CCCCCC2)n1C. The molecule has 3 amide bonds. The quantitative estimate of drug-likeness (QED) is 0.177. The lowest BCUT2D eigenvalue weighted by molar-refractivity contribution is -0.124. The molecule has 0 aliphatic carbocycles. The second-order valence-electron chi connectivity index (χ2n) is 12.7. The molecule has 10 heteroatoms. The zero-order chi connectivity index (χ0) is 32.6. The number of aromatic nitrogens is 3. The van der Waals surface area contributed by atoms with E-state index in [1.165, 1.54) is 0 Å². The Morgan fingerprint density at radius 3 is 2.37 bits per heavy atom. The fourth-order valence-electron chi connectivity index (χ4n) is 6.11. The van der Waals surface area contributed by atoms with Crippen molar-refractivity contribution >= 4 is 28.8 Å². The molecule has 244 valence electrons. The maximum Gasteiger partial charge on any atom is 0.359 e. The second-order valence-corrected chi connectivity index (χ2v) is 12.7. The minimum absolute atomic E-state index is 0.133. The molecule has 0 unspecified atom stereocenters.